The summed E-state index contributed by atoms with van der Waals surface area (Å²) in [6.45, 7) is 0. The minimum atomic E-state index is -0.314. The van der Waals surface area contributed by atoms with Gasteiger partial charge in [0.05, 0.1) is 22.4 Å². The van der Waals surface area contributed by atoms with Gasteiger partial charge in [-0.1, -0.05) is 91.0 Å². The van der Waals surface area contributed by atoms with Crippen LogP contribution in [0.3, 0.4) is 0 Å². The molecule has 0 aliphatic carbocycles. The quantitative estimate of drug-likeness (QED) is 0.175. The van der Waals surface area contributed by atoms with Gasteiger partial charge < -0.3 is 4.90 Å². The summed E-state index contributed by atoms with van der Waals surface area (Å²) in [6.07, 6.45) is 0. The second-order valence-electron chi connectivity index (χ2n) is 11.4. The standard InChI is InChI=1S/C42H27F2N3/c43-33-15-21-36(22-16-33)47(37-23-17-34(44)18-24-37)35-19-11-28(12-20-35)31-13-25-38-32(27-31)14-26-39-42(38)46-41(30-9-5-2-6-10-30)40(45-39)29-7-3-1-4-8-29/h1-27H. The molecule has 47 heavy (non-hydrogen) atoms. The summed E-state index contributed by atoms with van der Waals surface area (Å²) in [4.78, 5) is 12.3. The van der Waals surface area contributed by atoms with E-state index in [0.29, 0.717) is 0 Å². The Morgan fingerprint density at radius 3 is 1.45 bits per heavy atom. The molecule has 8 rings (SSSR count). The van der Waals surface area contributed by atoms with E-state index in [1.807, 2.05) is 59.5 Å². The van der Waals surface area contributed by atoms with Crippen LogP contribution in [0.25, 0.3) is 55.4 Å². The fourth-order valence-corrected chi connectivity index (χ4v) is 6.05. The number of aromatic nitrogens is 2. The lowest BCUT2D eigenvalue weighted by Crippen LogP contribution is -2.09. The van der Waals surface area contributed by atoms with Crippen LogP contribution in [0.15, 0.2) is 164 Å². The summed E-state index contributed by atoms with van der Waals surface area (Å²) >= 11 is 0. The Morgan fingerprint density at radius 2 is 0.894 bits per heavy atom. The molecular weight excluding hydrogens is 584 g/mol. The molecule has 0 fully saturated rings. The maximum Gasteiger partial charge on any atom is 0.123 e. The normalized spacial score (nSPS) is 11.2. The smallest absolute Gasteiger partial charge is 0.123 e. The first-order valence-electron chi connectivity index (χ1n) is 15.4. The zero-order chi connectivity index (χ0) is 31.7. The summed E-state index contributed by atoms with van der Waals surface area (Å²) in [5.41, 5.74) is 9.98. The lowest BCUT2D eigenvalue weighted by Gasteiger charge is -2.25. The maximum absolute atomic E-state index is 13.8. The Morgan fingerprint density at radius 1 is 0.404 bits per heavy atom. The van der Waals surface area contributed by atoms with E-state index in [4.69, 9.17) is 9.97 Å². The van der Waals surface area contributed by atoms with Crippen molar-refractivity contribution in [2.75, 3.05) is 4.90 Å². The summed E-state index contributed by atoms with van der Waals surface area (Å²) in [6, 6.07) is 51.7. The number of hydrogen-bond donors (Lipinski definition) is 0. The number of nitrogens with zero attached hydrogens (tertiary/aromatic N) is 3. The van der Waals surface area contributed by atoms with Crippen LogP contribution in [0.1, 0.15) is 0 Å². The average Bonchev–Trinajstić information content (AvgIpc) is 3.13. The van der Waals surface area contributed by atoms with Gasteiger partial charge in [-0.3, -0.25) is 0 Å². The van der Waals surface area contributed by atoms with Gasteiger partial charge in [-0.2, -0.15) is 0 Å². The highest BCUT2D eigenvalue weighted by Crippen LogP contribution is 2.37. The van der Waals surface area contributed by atoms with E-state index in [0.717, 1.165) is 72.5 Å². The molecule has 224 valence electrons. The number of hydrogen-bond acceptors (Lipinski definition) is 3. The van der Waals surface area contributed by atoms with Crippen LogP contribution >= 0.6 is 0 Å². The number of benzene rings is 7. The van der Waals surface area contributed by atoms with Crippen molar-refractivity contribution in [1.82, 2.24) is 9.97 Å². The van der Waals surface area contributed by atoms with Gasteiger partial charge in [-0.25, -0.2) is 18.7 Å². The van der Waals surface area contributed by atoms with Gasteiger partial charge >= 0.3 is 0 Å². The molecule has 0 radical (unpaired) electrons. The highest BCUT2D eigenvalue weighted by Gasteiger charge is 2.16. The second-order valence-corrected chi connectivity index (χ2v) is 11.4. The van der Waals surface area contributed by atoms with Crippen molar-refractivity contribution in [3.63, 3.8) is 0 Å². The van der Waals surface area contributed by atoms with Gasteiger partial charge in [0.25, 0.3) is 0 Å². The number of rotatable bonds is 6. The fraction of sp³-hybridized carbons (Fsp3) is 0. The maximum atomic E-state index is 13.8. The van der Waals surface area contributed by atoms with E-state index in [1.54, 1.807) is 24.3 Å². The molecule has 0 aliphatic heterocycles. The van der Waals surface area contributed by atoms with Crippen LogP contribution in [0.2, 0.25) is 0 Å². The van der Waals surface area contributed by atoms with Crippen LogP contribution in [0.5, 0.6) is 0 Å². The minimum Gasteiger partial charge on any atom is -0.310 e. The average molecular weight is 612 g/mol. The molecule has 0 atom stereocenters. The molecule has 3 nitrogen and oxygen atoms in total. The molecule has 0 saturated heterocycles. The predicted octanol–water partition coefficient (Wildman–Crippen LogP) is 11.5. The van der Waals surface area contributed by atoms with Gasteiger partial charge in [0.15, 0.2) is 0 Å². The Bertz CT molecular complexity index is 2290. The lowest BCUT2D eigenvalue weighted by molar-refractivity contribution is 0.628. The Balaban J connectivity index is 1.19. The van der Waals surface area contributed by atoms with E-state index in [-0.39, 0.29) is 11.6 Å². The van der Waals surface area contributed by atoms with Crippen molar-refractivity contribution >= 4 is 38.9 Å². The van der Waals surface area contributed by atoms with Crippen LogP contribution in [0, 0.1) is 11.6 Å². The van der Waals surface area contributed by atoms with Crippen molar-refractivity contribution in [3.05, 3.63) is 175 Å². The SMILES string of the molecule is Fc1ccc(N(c2ccc(F)cc2)c2ccc(-c3ccc4c(ccc5nc(-c6ccccc6)c(-c6ccccc6)nc54)c3)cc2)cc1. The van der Waals surface area contributed by atoms with Crippen molar-refractivity contribution in [3.8, 4) is 33.6 Å². The summed E-state index contributed by atoms with van der Waals surface area (Å²) in [5.74, 6) is -0.628. The molecule has 0 N–H and O–H groups in total. The highest BCUT2D eigenvalue weighted by molar-refractivity contribution is 6.06. The molecule has 1 aromatic heterocycles. The summed E-state index contributed by atoms with van der Waals surface area (Å²) in [5, 5.41) is 2.10. The second kappa shape index (κ2) is 12.0. The summed E-state index contributed by atoms with van der Waals surface area (Å²) < 4.78 is 27.5. The molecule has 0 amide bonds. The molecule has 1 heterocycles. The van der Waals surface area contributed by atoms with Gasteiger partial charge in [0, 0.05) is 33.6 Å². The molecule has 8 aromatic rings. The molecule has 7 aromatic carbocycles. The topological polar surface area (TPSA) is 29.0 Å². The Hall–Kier alpha value is -6.20. The molecule has 0 spiro atoms. The van der Waals surface area contributed by atoms with Crippen LogP contribution in [-0.2, 0) is 0 Å². The fourth-order valence-electron chi connectivity index (χ4n) is 6.05. The van der Waals surface area contributed by atoms with E-state index in [2.05, 4.69) is 60.7 Å². The van der Waals surface area contributed by atoms with E-state index in [1.165, 1.54) is 24.3 Å². The van der Waals surface area contributed by atoms with E-state index >= 15 is 0 Å². The molecule has 0 saturated carbocycles. The molecule has 0 unspecified atom stereocenters. The molecule has 5 heteroatoms. The lowest BCUT2D eigenvalue weighted by atomic mass is 9.99. The first-order chi connectivity index (χ1) is 23.1. The highest BCUT2D eigenvalue weighted by atomic mass is 19.1. The van der Waals surface area contributed by atoms with Gasteiger partial charge in [0.1, 0.15) is 11.6 Å². The van der Waals surface area contributed by atoms with Crippen molar-refractivity contribution in [2.24, 2.45) is 0 Å². The first kappa shape index (κ1) is 28.3. The number of fused-ring (bicyclic) bond motifs is 3. The monoisotopic (exact) mass is 611 g/mol. The third kappa shape index (κ3) is 5.49. The Labute approximate surface area is 271 Å². The minimum absolute atomic E-state index is 0.314. The third-order valence-electron chi connectivity index (χ3n) is 8.37. The van der Waals surface area contributed by atoms with Crippen LogP contribution in [0.4, 0.5) is 25.8 Å². The number of halogens is 2. The number of anilines is 3. The predicted molar refractivity (Wildman–Crippen MR) is 188 cm³/mol. The van der Waals surface area contributed by atoms with Gasteiger partial charge in [0.2, 0.25) is 0 Å². The van der Waals surface area contributed by atoms with E-state index in [9.17, 15) is 8.78 Å². The zero-order valence-electron chi connectivity index (χ0n) is 25.2. The molecule has 0 aliphatic rings. The first-order valence-corrected chi connectivity index (χ1v) is 15.4. The van der Waals surface area contributed by atoms with Gasteiger partial charge in [-0.15, -0.1) is 0 Å². The van der Waals surface area contributed by atoms with Crippen LogP contribution < -0.4 is 4.90 Å². The van der Waals surface area contributed by atoms with Crippen molar-refractivity contribution in [1.29, 1.82) is 0 Å². The van der Waals surface area contributed by atoms with Crippen molar-refractivity contribution < 1.29 is 8.78 Å². The van der Waals surface area contributed by atoms with E-state index < -0.39 is 0 Å². The summed E-state index contributed by atoms with van der Waals surface area (Å²) in [7, 11) is 0. The largest absolute Gasteiger partial charge is 0.310 e. The van der Waals surface area contributed by atoms with Gasteiger partial charge in [-0.05, 0) is 89.3 Å². The van der Waals surface area contributed by atoms with Crippen molar-refractivity contribution in [2.45, 2.75) is 0 Å². The Kier molecular flexibility index (Phi) is 7.19. The zero-order valence-corrected chi connectivity index (χ0v) is 25.2. The molecule has 0 bridgehead atoms. The molecular formula is C42H27F2N3. The third-order valence-corrected chi connectivity index (χ3v) is 8.37. The van der Waals surface area contributed by atoms with Crippen LogP contribution in [-0.4, -0.2) is 9.97 Å².